The van der Waals surface area contributed by atoms with Crippen molar-refractivity contribution in [1.29, 1.82) is 0 Å². The van der Waals surface area contributed by atoms with E-state index < -0.39 is 50.4 Å². The van der Waals surface area contributed by atoms with E-state index >= 15 is 0 Å². The van der Waals surface area contributed by atoms with Crippen LogP contribution in [0.4, 0.5) is 17.6 Å². The van der Waals surface area contributed by atoms with Crippen molar-refractivity contribution >= 4 is 26.9 Å². The molecule has 2 N–H and O–H groups in total. The Labute approximate surface area is 213 Å². The van der Waals surface area contributed by atoms with Crippen LogP contribution in [0.25, 0.3) is 22.2 Å². The maximum Gasteiger partial charge on any atom is 0.416 e. The smallest absolute Gasteiger partial charge is 0.416 e. The topological polar surface area (TPSA) is 113 Å². The van der Waals surface area contributed by atoms with Crippen LogP contribution >= 0.6 is 0 Å². The van der Waals surface area contributed by atoms with E-state index in [1.54, 1.807) is 6.07 Å². The average molecular weight is 550 g/mol. The molecule has 1 aliphatic rings. The van der Waals surface area contributed by atoms with Crippen LogP contribution in [0.2, 0.25) is 0 Å². The summed E-state index contributed by atoms with van der Waals surface area (Å²) in [6.07, 6.45) is -2.96. The van der Waals surface area contributed by atoms with Gasteiger partial charge in [-0.25, -0.2) is 12.8 Å². The molecular formula is C25H19F4N3O5S. The lowest BCUT2D eigenvalue weighted by Crippen LogP contribution is -2.57. The first-order valence-electron chi connectivity index (χ1n) is 11.3. The van der Waals surface area contributed by atoms with E-state index in [-0.39, 0.29) is 41.7 Å². The summed E-state index contributed by atoms with van der Waals surface area (Å²) >= 11 is 0. The molecule has 1 saturated heterocycles. The van der Waals surface area contributed by atoms with Crippen molar-refractivity contribution in [2.75, 3.05) is 6.54 Å². The number of carbonyl (C=O) groups is 1. The second kappa shape index (κ2) is 9.40. The zero-order chi connectivity index (χ0) is 27.2. The Morgan fingerprint density at radius 1 is 1.13 bits per heavy atom. The number of phenolic OH excluding ortho intramolecular Hbond substituents is 1. The van der Waals surface area contributed by atoms with E-state index in [4.69, 9.17) is 4.42 Å². The van der Waals surface area contributed by atoms with E-state index in [2.05, 4.69) is 10.3 Å². The molecule has 1 unspecified atom stereocenters. The molecule has 5 rings (SSSR count). The zero-order valence-electron chi connectivity index (χ0n) is 19.4. The minimum Gasteiger partial charge on any atom is -0.507 e. The fraction of sp³-hybridized carbons (Fsp3) is 0.200. The molecule has 0 radical (unpaired) electrons. The van der Waals surface area contributed by atoms with Gasteiger partial charge in [-0.1, -0.05) is 0 Å². The third-order valence-electron chi connectivity index (χ3n) is 6.18. The quantitative estimate of drug-likeness (QED) is 0.344. The highest BCUT2D eigenvalue weighted by Crippen LogP contribution is 2.36. The maximum absolute atomic E-state index is 13.5. The fourth-order valence-corrected chi connectivity index (χ4v) is 5.69. The van der Waals surface area contributed by atoms with Gasteiger partial charge in [0, 0.05) is 36.3 Å². The Hall–Kier alpha value is -3.97. The number of furan rings is 1. The van der Waals surface area contributed by atoms with E-state index in [9.17, 15) is 35.9 Å². The molecule has 1 aliphatic heterocycles. The van der Waals surface area contributed by atoms with Gasteiger partial charge in [0.2, 0.25) is 11.0 Å². The molecule has 13 heteroatoms. The summed E-state index contributed by atoms with van der Waals surface area (Å²) in [7, 11) is -4.15. The average Bonchev–Trinajstić information content (AvgIpc) is 3.25. The number of sulfonamides is 1. The number of aromatic hydroxyl groups is 1. The molecule has 38 heavy (non-hydrogen) atoms. The molecule has 1 amide bonds. The number of benzene rings is 2. The van der Waals surface area contributed by atoms with Crippen molar-refractivity contribution in [3.63, 3.8) is 0 Å². The van der Waals surface area contributed by atoms with E-state index in [0.29, 0.717) is 11.6 Å². The van der Waals surface area contributed by atoms with Gasteiger partial charge >= 0.3 is 6.18 Å². The van der Waals surface area contributed by atoms with Gasteiger partial charge in [0.15, 0.2) is 0 Å². The number of aromatic nitrogens is 1. The molecule has 0 bridgehead atoms. The number of pyridine rings is 1. The fourth-order valence-electron chi connectivity index (χ4n) is 4.11. The largest absolute Gasteiger partial charge is 0.507 e. The number of hydrogen-bond donors (Lipinski definition) is 2. The molecule has 1 atom stereocenters. The van der Waals surface area contributed by atoms with Gasteiger partial charge in [0.05, 0.1) is 11.3 Å². The monoisotopic (exact) mass is 549 g/mol. The van der Waals surface area contributed by atoms with Crippen molar-refractivity contribution in [2.45, 2.75) is 30.3 Å². The Balaban J connectivity index is 1.27. The van der Waals surface area contributed by atoms with Crippen LogP contribution in [0.3, 0.4) is 0 Å². The highest BCUT2D eigenvalue weighted by molar-refractivity contribution is 7.89. The Bertz CT molecular complexity index is 1650. The SMILES string of the molecule is O=C(NCc1ccnc(-c2ccc(C(F)(F)F)cc2O)c1)C1CCN1S(=O)(=O)c1cc2cc(F)ccc2o1. The minimum atomic E-state index is -4.61. The number of nitrogens with one attached hydrogen (secondary N) is 1. The second-order valence-corrected chi connectivity index (χ2v) is 10.5. The normalized spacial score (nSPS) is 16.4. The number of amides is 1. The Morgan fingerprint density at radius 3 is 2.61 bits per heavy atom. The number of hydrogen-bond acceptors (Lipinski definition) is 6. The van der Waals surface area contributed by atoms with Gasteiger partial charge in [-0.15, -0.1) is 0 Å². The van der Waals surface area contributed by atoms with Crippen LogP contribution in [0.15, 0.2) is 70.3 Å². The molecule has 8 nitrogen and oxygen atoms in total. The van der Waals surface area contributed by atoms with Gasteiger partial charge in [0.25, 0.3) is 10.0 Å². The molecule has 0 saturated carbocycles. The highest BCUT2D eigenvalue weighted by Gasteiger charge is 2.44. The standard InChI is InChI=1S/C25H19F4N3O5S/c26-17-2-4-22-15(10-17)11-23(37-22)38(35,36)32-8-6-20(32)24(34)31-13-14-5-7-30-19(9-14)18-3-1-16(12-21(18)33)25(27,28)29/h1-5,7,9-12,20,33H,6,8,13H2,(H,31,34). The summed E-state index contributed by atoms with van der Waals surface area (Å²) in [6.45, 7) is 0.0719. The summed E-state index contributed by atoms with van der Waals surface area (Å²) in [6, 6.07) is 9.42. The van der Waals surface area contributed by atoms with Crippen LogP contribution in [-0.2, 0) is 27.5 Å². The first-order chi connectivity index (χ1) is 17.9. The molecule has 0 aliphatic carbocycles. The lowest BCUT2D eigenvalue weighted by molar-refractivity contribution is -0.137. The molecule has 4 aromatic rings. The molecule has 0 spiro atoms. The second-order valence-electron chi connectivity index (χ2n) is 8.66. The van der Waals surface area contributed by atoms with Crippen LogP contribution in [0, 0.1) is 5.82 Å². The molecule has 2 aromatic carbocycles. The van der Waals surface area contributed by atoms with Crippen molar-refractivity contribution < 1.29 is 40.3 Å². The van der Waals surface area contributed by atoms with Crippen molar-refractivity contribution in [1.82, 2.24) is 14.6 Å². The van der Waals surface area contributed by atoms with Crippen molar-refractivity contribution in [3.05, 3.63) is 77.7 Å². The predicted molar refractivity (Wildman–Crippen MR) is 127 cm³/mol. The predicted octanol–water partition coefficient (Wildman–Crippen LogP) is 4.44. The van der Waals surface area contributed by atoms with Crippen LogP contribution in [-0.4, -0.2) is 41.3 Å². The number of halogens is 4. The van der Waals surface area contributed by atoms with Crippen molar-refractivity contribution in [3.8, 4) is 17.0 Å². The summed E-state index contributed by atoms with van der Waals surface area (Å²) < 4.78 is 84.5. The molecular weight excluding hydrogens is 530 g/mol. The van der Waals surface area contributed by atoms with E-state index in [1.807, 2.05) is 0 Å². The number of nitrogens with zero attached hydrogens (tertiary/aromatic N) is 2. The third kappa shape index (κ3) is 4.82. The van der Waals surface area contributed by atoms with Crippen LogP contribution in [0.1, 0.15) is 17.5 Å². The maximum atomic E-state index is 13.5. The van der Waals surface area contributed by atoms with Gasteiger partial charge in [-0.2, -0.15) is 17.5 Å². The Morgan fingerprint density at radius 2 is 1.92 bits per heavy atom. The van der Waals surface area contributed by atoms with Crippen LogP contribution < -0.4 is 5.32 Å². The number of rotatable bonds is 6. The Kier molecular flexibility index (Phi) is 6.35. The number of fused-ring (bicyclic) bond motifs is 1. The number of carbonyl (C=O) groups excluding carboxylic acids is 1. The number of alkyl halides is 3. The van der Waals surface area contributed by atoms with Crippen molar-refractivity contribution in [2.24, 2.45) is 0 Å². The first-order valence-corrected chi connectivity index (χ1v) is 12.7. The molecule has 1 fully saturated rings. The molecule has 198 valence electrons. The first kappa shape index (κ1) is 25.7. The third-order valence-corrected chi connectivity index (χ3v) is 7.95. The van der Waals surface area contributed by atoms with Gasteiger partial charge < -0.3 is 14.8 Å². The lowest BCUT2D eigenvalue weighted by Gasteiger charge is -2.37. The zero-order valence-corrected chi connectivity index (χ0v) is 20.2. The number of phenols is 1. The summed E-state index contributed by atoms with van der Waals surface area (Å²) in [5.74, 6) is -1.70. The van der Waals surface area contributed by atoms with Gasteiger partial charge in [0.1, 0.15) is 23.2 Å². The molecule has 2 aromatic heterocycles. The van der Waals surface area contributed by atoms with Gasteiger partial charge in [-0.3, -0.25) is 9.78 Å². The van der Waals surface area contributed by atoms with E-state index in [0.717, 1.165) is 28.6 Å². The summed E-state index contributed by atoms with van der Waals surface area (Å²) in [4.78, 5) is 16.9. The highest BCUT2D eigenvalue weighted by atomic mass is 32.2. The summed E-state index contributed by atoms with van der Waals surface area (Å²) in [5.41, 5.74) is -0.0166. The summed E-state index contributed by atoms with van der Waals surface area (Å²) in [5, 5.41) is 12.6. The molecule has 3 heterocycles. The van der Waals surface area contributed by atoms with E-state index in [1.165, 1.54) is 24.4 Å². The van der Waals surface area contributed by atoms with Gasteiger partial charge in [-0.05, 0) is 60.5 Å². The van der Waals surface area contributed by atoms with Crippen LogP contribution in [0.5, 0.6) is 5.75 Å². The lowest BCUT2D eigenvalue weighted by atomic mass is 10.0. The minimum absolute atomic E-state index is 0.0238.